The second-order valence-electron chi connectivity index (χ2n) is 14.0. The van der Waals surface area contributed by atoms with Crippen LogP contribution in [0.3, 0.4) is 0 Å². The molecule has 1 amide bonds. The number of alkyl carbamates (subject to hydrolysis) is 1. The number of hydrogen-bond donors (Lipinski definition) is 4. The van der Waals surface area contributed by atoms with Gasteiger partial charge in [-0.1, -0.05) is 51.5 Å². The zero-order valence-electron chi connectivity index (χ0n) is 26.3. The number of ether oxygens (including phenoxy) is 1. The number of aliphatic hydroxyl groups is 2. The van der Waals surface area contributed by atoms with Gasteiger partial charge in [-0.15, -0.1) is 0 Å². The van der Waals surface area contributed by atoms with Gasteiger partial charge in [-0.2, -0.15) is 0 Å². The minimum atomic E-state index is -0.649. The van der Waals surface area contributed by atoms with E-state index in [1.807, 2.05) is 6.20 Å². The Balaban J connectivity index is 1.28. The summed E-state index contributed by atoms with van der Waals surface area (Å²) in [5, 5.41) is 23.1. The normalized spacial score (nSPS) is 33.8. The highest BCUT2D eigenvalue weighted by molar-refractivity contribution is 5.67. The van der Waals surface area contributed by atoms with Crippen LogP contribution in [0.15, 0.2) is 41.6 Å². The van der Waals surface area contributed by atoms with Gasteiger partial charge >= 0.3 is 6.09 Å². The largest absolute Gasteiger partial charge is 0.445 e. The van der Waals surface area contributed by atoms with Crippen LogP contribution in [0.4, 0.5) is 4.79 Å². The quantitative estimate of drug-likeness (QED) is 0.247. The molecule has 0 spiro atoms. The molecule has 232 valence electrons. The number of aromatic amines is 1. The maximum absolute atomic E-state index is 12.4. The Kier molecular flexibility index (Phi) is 9.39. The molecule has 4 fully saturated rings. The van der Waals surface area contributed by atoms with Crippen LogP contribution in [0.2, 0.25) is 0 Å². The molecule has 42 heavy (non-hydrogen) atoms. The molecule has 0 saturated heterocycles. The van der Waals surface area contributed by atoms with Crippen LogP contribution >= 0.6 is 0 Å². The Morgan fingerprint density at radius 2 is 2.05 bits per heavy atom. The lowest BCUT2D eigenvalue weighted by atomic mass is 9.60. The van der Waals surface area contributed by atoms with E-state index in [9.17, 15) is 15.0 Å². The van der Waals surface area contributed by atoms with Crippen molar-refractivity contribution in [3.05, 3.63) is 53.2 Å². The lowest BCUT2D eigenvalue weighted by molar-refractivity contribution is 0.0519. The molecule has 7 atom stereocenters. The molecule has 0 unspecified atom stereocenters. The molecular weight excluding hydrogens is 526 g/mol. The van der Waals surface area contributed by atoms with Crippen LogP contribution in [-0.2, 0) is 16.6 Å². The third-order valence-electron chi connectivity index (χ3n) is 11.4. The fraction of sp³-hybridized carbons (Fsp3) is 0.714. The summed E-state index contributed by atoms with van der Waals surface area (Å²) in [6.45, 7) is 11.2. The van der Waals surface area contributed by atoms with E-state index in [0.717, 1.165) is 67.6 Å². The number of nitrogens with zero attached hydrogens (tertiary/aromatic N) is 1. The molecule has 0 radical (unpaired) electrons. The van der Waals surface area contributed by atoms with E-state index < -0.39 is 12.2 Å². The van der Waals surface area contributed by atoms with Gasteiger partial charge in [0, 0.05) is 25.4 Å². The van der Waals surface area contributed by atoms with E-state index >= 15 is 0 Å². The van der Waals surface area contributed by atoms with Gasteiger partial charge in [0.15, 0.2) is 0 Å². The topological polar surface area (TPSA) is 107 Å². The van der Waals surface area contributed by atoms with Crippen molar-refractivity contribution < 1.29 is 19.7 Å². The van der Waals surface area contributed by atoms with Crippen LogP contribution in [-0.4, -0.2) is 51.6 Å². The molecule has 0 bridgehead atoms. The van der Waals surface area contributed by atoms with Gasteiger partial charge in [0.2, 0.25) is 0 Å². The molecule has 4 N–H and O–H groups in total. The minimum absolute atomic E-state index is 0.187. The van der Waals surface area contributed by atoms with Gasteiger partial charge in [-0.3, -0.25) is 0 Å². The van der Waals surface area contributed by atoms with Crippen LogP contribution in [0.1, 0.15) is 109 Å². The second-order valence-corrected chi connectivity index (χ2v) is 14.0. The first-order valence-electron chi connectivity index (χ1n) is 16.5. The minimum Gasteiger partial charge on any atom is -0.445 e. The number of aromatic nitrogens is 2. The average molecular weight is 580 g/mol. The van der Waals surface area contributed by atoms with E-state index in [-0.39, 0.29) is 23.0 Å². The van der Waals surface area contributed by atoms with Crippen molar-refractivity contribution in [2.45, 2.75) is 128 Å². The molecular formula is C35H53N3O4. The van der Waals surface area contributed by atoms with Gasteiger partial charge < -0.3 is 25.3 Å². The molecule has 5 rings (SSSR count). The number of aliphatic hydroxyl groups excluding tert-OH is 2. The van der Waals surface area contributed by atoms with Crippen molar-refractivity contribution in [1.82, 2.24) is 15.3 Å². The summed E-state index contributed by atoms with van der Waals surface area (Å²) >= 11 is 0. The SMILES string of the molecule is C=C1C(=CC=C2CCC[C@]3(C)[C@@H]([C@H](C)CC[C@H](OC(=O)NC)C4(c5ncc(CCC)[nH]5)CC4)CC[C@@H]23)C[C@@H](O)C[C@@H]1O. The molecule has 1 aromatic heterocycles. The van der Waals surface area contributed by atoms with Gasteiger partial charge in [0.1, 0.15) is 11.9 Å². The number of nitrogens with one attached hydrogen (secondary N) is 2. The van der Waals surface area contributed by atoms with Crippen LogP contribution in [0.5, 0.6) is 0 Å². The zero-order valence-corrected chi connectivity index (χ0v) is 26.3. The van der Waals surface area contributed by atoms with Crippen molar-refractivity contribution >= 4 is 6.09 Å². The molecule has 1 heterocycles. The summed E-state index contributed by atoms with van der Waals surface area (Å²) in [6, 6.07) is 0. The lowest BCUT2D eigenvalue weighted by Gasteiger charge is -2.44. The molecule has 4 saturated carbocycles. The fourth-order valence-corrected chi connectivity index (χ4v) is 8.79. The molecule has 7 nitrogen and oxygen atoms in total. The van der Waals surface area contributed by atoms with Crippen LogP contribution < -0.4 is 5.32 Å². The number of aryl methyl sites for hydroxylation is 1. The highest BCUT2D eigenvalue weighted by atomic mass is 16.6. The summed E-state index contributed by atoms with van der Waals surface area (Å²) in [6.07, 6.45) is 17.5. The van der Waals surface area contributed by atoms with Crippen molar-refractivity contribution in [2.24, 2.45) is 23.2 Å². The first-order chi connectivity index (χ1) is 20.1. The summed E-state index contributed by atoms with van der Waals surface area (Å²) < 4.78 is 6.06. The fourth-order valence-electron chi connectivity index (χ4n) is 8.79. The van der Waals surface area contributed by atoms with E-state index in [1.54, 1.807) is 7.05 Å². The standard InChI is InChI=1S/C35H53N3O4/c1-6-8-26-21-37-32(38-26)35(17-18-35)31(42-33(41)36-5)15-10-22(2)28-13-14-29-24(9-7-16-34(28,29)4)11-12-25-19-27(39)20-30(40)23(25)3/h11-12,21-22,27-31,39-40H,3,6-10,13-20H2,1-2,4-5H3,(H,36,41)(H,37,38)/t22-,27-,28-,29+,30+,31+,34-/m1/s1. The third kappa shape index (κ3) is 6.14. The van der Waals surface area contributed by atoms with Crippen molar-refractivity contribution in [3.8, 4) is 0 Å². The average Bonchev–Trinajstić information content (AvgIpc) is 3.49. The number of imidazole rings is 1. The van der Waals surface area contributed by atoms with Crippen LogP contribution in [0.25, 0.3) is 0 Å². The van der Waals surface area contributed by atoms with Gasteiger partial charge in [-0.25, -0.2) is 9.78 Å². The number of amides is 1. The number of carbonyl (C=O) groups is 1. The smallest absolute Gasteiger partial charge is 0.407 e. The summed E-state index contributed by atoms with van der Waals surface area (Å²) in [5.41, 5.74) is 4.48. The van der Waals surface area contributed by atoms with E-state index in [2.05, 4.69) is 49.8 Å². The monoisotopic (exact) mass is 579 g/mol. The Morgan fingerprint density at radius 1 is 1.26 bits per heavy atom. The molecule has 4 aliphatic carbocycles. The van der Waals surface area contributed by atoms with E-state index in [1.165, 1.54) is 31.3 Å². The number of H-pyrrole nitrogens is 1. The van der Waals surface area contributed by atoms with Crippen molar-refractivity contribution in [2.75, 3.05) is 7.05 Å². The number of allylic oxidation sites excluding steroid dienone is 3. The first-order valence-corrected chi connectivity index (χ1v) is 16.5. The Bertz CT molecular complexity index is 1200. The Morgan fingerprint density at radius 3 is 2.76 bits per heavy atom. The maximum atomic E-state index is 12.4. The maximum Gasteiger partial charge on any atom is 0.407 e. The van der Waals surface area contributed by atoms with E-state index in [4.69, 9.17) is 9.72 Å². The molecule has 4 aliphatic rings. The van der Waals surface area contributed by atoms with E-state index in [0.29, 0.717) is 30.6 Å². The predicted octanol–water partition coefficient (Wildman–Crippen LogP) is 6.68. The zero-order chi connectivity index (χ0) is 30.1. The predicted molar refractivity (Wildman–Crippen MR) is 166 cm³/mol. The molecule has 1 aromatic rings. The number of carbonyl (C=O) groups excluding carboxylic acids is 1. The lowest BCUT2D eigenvalue weighted by Crippen LogP contribution is -2.38. The Labute approximate surface area is 252 Å². The summed E-state index contributed by atoms with van der Waals surface area (Å²) in [7, 11) is 1.63. The van der Waals surface area contributed by atoms with Gasteiger partial charge in [-0.05, 0) is 105 Å². The number of fused-ring (bicyclic) bond motifs is 1. The number of hydrogen-bond acceptors (Lipinski definition) is 5. The van der Waals surface area contributed by atoms with Gasteiger partial charge in [0.25, 0.3) is 0 Å². The highest BCUT2D eigenvalue weighted by Gasteiger charge is 2.56. The van der Waals surface area contributed by atoms with Crippen LogP contribution in [0, 0.1) is 23.2 Å². The molecule has 7 heteroatoms. The van der Waals surface area contributed by atoms with Crippen molar-refractivity contribution in [1.29, 1.82) is 0 Å². The van der Waals surface area contributed by atoms with Crippen molar-refractivity contribution in [3.63, 3.8) is 0 Å². The third-order valence-corrected chi connectivity index (χ3v) is 11.4. The van der Waals surface area contributed by atoms with Gasteiger partial charge in [0.05, 0.1) is 17.6 Å². The number of rotatable bonds is 10. The first kappa shape index (κ1) is 31.1. The summed E-state index contributed by atoms with van der Waals surface area (Å²) in [5.74, 6) is 2.70. The molecule has 0 aromatic carbocycles. The second kappa shape index (κ2) is 12.7. The highest BCUT2D eigenvalue weighted by Crippen LogP contribution is 2.60. The molecule has 0 aliphatic heterocycles. The summed E-state index contributed by atoms with van der Waals surface area (Å²) in [4.78, 5) is 20.7. The Hall–Kier alpha value is -2.38.